The Kier molecular flexibility index (Phi) is 5.95. The molecule has 1 aliphatic heterocycles. The van der Waals surface area contributed by atoms with E-state index in [2.05, 4.69) is 10.2 Å². The number of cyclic esters (lactones) is 1. The molecule has 0 radical (unpaired) electrons. The third kappa shape index (κ3) is 4.57. The molecule has 0 saturated carbocycles. The molecule has 27 heavy (non-hydrogen) atoms. The van der Waals surface area contributed by atoms with Crippen LogP contribution in [0.15, 0.2) is 28.7 Å². The Hall–Kier alpha value is -2.61. The molecule has 1 aromatic carbocycles. The van der Waals surface area contributed by atoms with E-state index in [1.54, 1.807) is 17.0 Å². The lowest BCUT2D eigenvalue weighted by molar-refractivity contribution is -0.134. The highest BCUT2D eigenvalue weighted by atomic mass is 35.5. The molecule has 8 nitrogen and oxygen atoms in total. The van der Waals surface area contributed by atoms with Gasteiger partial charge in [-0.2, -0.15) is 0 Å². The molecule has 0 aliphatic carbocycles. The quantitative estimate of drug-likeness (QED) is 0.719. The summed E-state index contributed by atoms with van der Waals surface area (Å²) in [6.07, 6.45) is -0.168. The summed E-state index contributed by atoms with van der Waals surface area (Å²) in [4.78, 5) is 27.3. The molecule has 2 aromatic rings. The van der Waals surface area contributed by atoms with Crippen LogP contribution in [0.2, 0.25) is 5.02 Å². The lowest BCUT2D eigenvalue weighted by Gasteiger charge is -2.26. The number of amides is 2. The van der Waals surface area contributed by atoms with Crippen LogP contribution in [0.4, 0.5) is 4.79 Å². The van der Waals surface area contributed by atoms with E-state index in [4.69, 9.17) is 20.8 Å². The molecule has 1 fully saturated rings. The molecule has 0 spiro atoms. The highest BCUT2D eigenvalue weighted by molar-refractivity contribution is 6.33. The second-order valence-corrected chi connectivity index (χ2v) is 6.85. The van der Waals surface area contributed by atoms with Crippen LogP contribution in [0.1, 0.15) is 26.2 Å². The first-order chi connectivity index (χ1) is 13.0. The van der Waals surface area contributed by atoms with E-state index in [1.807, 2.05) is 26.0 Å². The maximum absolute atomic E-state index is 12.6. The molecule has 1 saturated heterocycles. The van der Waals surface area contributed by atoms with Gasteiger partial charge in [0.25, 0.3) is 0 Å². The molecule has 2 heterocycles. The van der Waals surface area contributed by atoms with Crippen LogP contribution in [0.3, 0.4) is 0 Å². The molecule has 0 atom stereocenters. The number of hydrogen-bond acceptors (Lipinski definition) is 6. The maximum atomic E-state index is 12.6. The molecule has 0 bridgehead atoms. The van der Waals surface area contributed by atoms with Crippen LogP contribution in [0.5, 0.6) is 0 Å². The summed E-state index contributed by atoms with van der Waals surface area (Å²) in [6.45, 7) is 5.22. The van der Waals surface area contributed by atoms with Crippen molar-refractivity contribution >= 4 is 23.6 Å². The van der Waals surface area contributed by atoms with Gasteiger partial charge in [0.2, 0.25) is 17.7 Å². The Morgan fingerprint density at radius 2 is 2.11 bits per heavy atom. The number of nitrogens with zero attached hydrogens (tertiary/aromatic N) is 4. The zero-order valence-corrected chi connectivity index (χ0v) is 16.0. The summed E-state index contributed by atoms with van der Waals surface area (Å²) in [5.41, 5.74) is 0.646. The Bertz CT molecular complexity index is 823. The van der Waals surface area contributed by atoms with Crippen molar-refractivity contribution in [2.75, 3.05) is 19.7 Å². The number of benzene rings is 1. The van der Waals surface area contributed by atoms with E-state index in [-0.39, 0.29) is 31.0 Å². The Labute approximate surface area is 162 Å². The third-order valence-electron chi connectivity index (χ3n) is 4.26. The first-order valence-corrected chi connectivity index (χ1v) is 9.12. The first-order valence-electron chi connectivity index (χ1n) is 8.74. The van der Waals surface area contributed by atoms with Gasteiger partial charge < -0.3 is 19.0 Å². The van der Waals surface area contributed by atoms with Crippen LogP contribution in [0, 0.1) is 0 Å². The molecule has 0 N–H and O–H groups in total. The number of ether oxygens (including phenoxy) is 1. The van der Waals surface area contributed by atoms with Gasteiger partial charge in [-0.25, -0.2) is 4.79 Å². The van der Waals surface area contributed by atoms with Gasteiger partial charge in [0.15, 0.2) is 0 Å². The zero-order chi connectivity index (χ0) is 19.4. The van der Waals surface area contributed by atoms with E-state index < -0.39 is 0 Å². The number of aromatic nitrogens is 2. The molecule has 0 unspecified atom stereocenters. The predicted octanol–water partition coefficient (Wildman–Crippen LogP) is 2.97. The van der Waals surface area contributed by atoms with Crippen molar-refractivity contribution in [3.63, 3.8) is 0 Å². The molecule has 2 amide bonds. The second kappa shape index (κ2) is 8.39. The minimum atomic E-state index is -0.375. The largest absolute Gasteiger partial charge is 0.448 e. The molecule has 9 heteroatoms. The van der Waals surface area contributed by atoms with Crippen molar-refractivity contribution in [2.24, 2.45) is 0 Å². The van der Waals surface area contributed by atoms with E-state index in [1.165, 1.54) is 4.90 Å². The molecule has 1 aliphatic rings. The molecule has 3 rings (SSSR count). The van der Waals surface area contributed by atoms with Crippen molar-refractivity contribution in [2.45, 2.75) is 32.9 Å². The lowest BCUT2D eigenvalue weighted by atomic mass is 10.2. The number of carbonyl (C=O) groups is 2. The van der Waals surface area contributed by atoms with Crippen LogP contribution in [-0.2, 0) is 16.1 Å². The van der Waals surface area contributed by atoms with Gasteiger partial charge in [-0.15, -0.1) is 10.2 Å². The maximum Gasteiger partial charge on any atom is 0.409 e. The normalized spacial score (nSPS) is 13.9. The van der Waals surface area contributed by atoms with Crippen LogP contribution < -0.4 is 0 Å². The Morgan fingerprint density at radius 1 is 1.33 bits per heavy atom. The van der Waals surface area contributed by atoms with Crippen molar-refractivity contribution in [3.05, 3.63) is 35.2 Å². The fourth-order valence-corrected chi connectivity index (χ4v) is 2.99. The molecule has 144 valence electrons. The van der Waals surface area contributed by atoms with Gasteiger partial charge in [-0.3, -0.25) is 4.79 Å². The molecular formula is C18H21ClN4O4. The summed E-state index contributed by atoms with van der Waals surface area (Å²) in [7, 11) is 0. The first kappa shape index (κ1) is 19.2. The number of hydrogen-bond donors (Lipinski definition) is 0. The topological polar surface area (TPSA) is 88.8 Å². The average Bonchev–Trinajstić information content (AvgIpc) is 3.26. The van der Waals surface area contributed by atoms with Crippen LogP contribution in [-0.4, -0.2) is 57.7 Å². The number of halogens is 1. The second-order valence-electron chi connectivity index (χ2n) is 6.45. The van der Waals surface area contributed by atoms with Crippen LogP contribution >= 0.6 is 11.6 Å². The minimum Gasteiger partial charge on any atom is -0.448 e. The third-order valence-corrected chi connectivity index (χ3v) is 4.59. The SMILES string of the molecule is CC(C)N(Cc1nnc(-c2ccccc2Cl)o1)C(=O)CCN1CCOC1=O. The number of carbonyl (C=O) groups excluding carboxylic acids is 2. The van der Waals surface area contributed by atoms with Gasteiger partial charge in [0.05, 0.1) is 23.7 Å². The Morgan fingerprint density at radius 3 is 2.78 bits per heavy atom. The smallest absolute Gasteiger partial charge is 0.409 e. The molecule has 1 aromatic heterocycles. The van der Waals surface area contributed by atoms with E-state index in [0.29, 0.717) is 42.1 Å². The highest BCUT2D eigenvalue weighted by Crippen LogP contribution is 2.26. The van der Waals surface area contributed by atoms with Gasteiger partial charge in [0, 0.05) is 19.0 Å². The standard InChI is InChI=1S/C18H21ClN4O4/c1-12(2)23(16(24)7-8-22-9-10-26-18(22)25)11-15-20-21-17(27-15)13-5-3-4-6-14(13)19/h3-6,12H,7-11H2,1-2H3. The summed E-state index contributed by atoms with van der Waals surface area (Å²) in [5, 5.41) is 8.58. The fraction of sp³-hybridized carbons (Fsp3) is 0.444. The fourth-order valence-electron chi connectivity index (χ4n) is 2.77. The van der Waals surface area contributed by atoms with Crippen LogP contribution in [0.25, 0.3) is 11.5 Å². The highest BCUT2D eigenvalue weighted by Gasteiger charge is 2.25. The van der Waals surface area contributed by atoms with E-state index in [9.17, 15) is 9.59 Å². The number of rotatable bonds is 7. The van der Waals surface area contributed by atoms with Gasteiger partial charge >= 0.3 is 6.09 Å². The van der Waals surface area contributed by atoms with Crippen molar-refractivity contribution < 1.29 is 18.7 Å². The predicted molar refractivity (Wildman–Crippen MR) is 98.0 cm³/mol. The summed E-state index contributed by atoms with van der Waals surface area (Å²) in [6, 6.07) is 7.13. The van der Waals surface area contributed by atoms with E-state index in [0.717, 1.165) is 0 Å². The summed E-state index contributed by atoms with van der Waals surface area (Å²) >= 11 is 6.16. The average molecular weight is 393 g/mol. The molecular weight excluding hydrogens is 372 g/mol. The van der Waals surface area contributed by atoms with Crippen molar-refractivity contribution in [1.29, 1.82) is 0 Å². The summed E-state index contributed by atoms with van der Waals surface area (Å²) < 4.78 is 10.6. The summed E-state index contributed by atoms with van der Waals surface area (Å²) in [5.74, 6) is 0.543. The van der Waals surface area contributed by atoms with Gasteiger partial charge in [-0.1, -0.05) is 23.7 Å². The van der Waals surface area contributed by atoms with Crippen molar-refractivity contribution in [3.8, 4) is 11.5 Å². The zero-order valence-electron chi connectivity index (χ0n) is 15.2. The van der Waals surface area contributed by atoms with Gasteiger partial charge in [0.1, 0.15) is 6.61 Å². The monoisotopic (exact) mass is 392 g/mol. The van der Waals surface area contributed by atoms with Crippen molar-refractivity contribution in [1.82, 2.24) is 20.0 Å². The van der Waals surface area contributed by atoms with E-state index >= 15 is 0 Å². The lowest BCUT2D eigenvalue weighted by Crippen LogP contribution is -2.38. The minimum absolute atomic E-state index is 0.0568. The van der Waals surface area contributed by atoms with Gasteiger partial charge in [-0.05, 0) is 26.0 Å². The Balaban J connectivity index is 1.65.